The first kappa shape index (κ1) is 11.7. The number of rotatable bonds is 1. The second-order valence-corrected chi connectivity index (χ2v) is 5.65. The molecule has 1 aromatic heterocycles. The van der Waals surface area contributed by atoms with Gasteiger partial charge in [-0.3, -0.25) is 0 Å². The fraction of sp³-hybridized carbons (Fsp3) is 0. The Hall–Kier alpha value is -2.06. The summed E-state index contributed by atoms with van der Waals surface area (Å²) in [5.41, 5.74) is 3.27. The van der Waals surface area contributed by atoms with Crippen molar-refractivity contribution in [2.45, 2.75) is 0 Å². The van der Waals surface area contributed by atoms with E-state index >= 15 is 0 Å². The fourth-order valence-corrected chi connectivity index (χ4v) is 3.08. The topological polar surface area (TPSA) is 13.1 Å². The lowest BCUT2D eigenvalue weighted by atomic mass is 9.96. The zero-order valence-corrected chi connectivity index (χ0v) is 12.2. The van der Waals surface area contributed by atoms with Gasteiger partial charge in [-0.25, -0.2) is 0 Å². The second-order valence-electron chi connectivity index (χ2n) is 4.80. The highest BCUT2D eigenvalue weighted by molar-refractivity contribution is 9.10. The standard InChI is InChI=1S/C18H11BrO/c19-16-11-20-18-15(16)10-13-8-4-5-9-14(13)17(18)12-6-2-1-3-7-12/h1-11H. The number of benzene rings is 3. The quantitative estimate of drug-likeness (QED) is 0.418. The van der Waals surface area contributed by atoms with Crippen LogP contribution in [0.25, 0.3) is 32.9 Å². The van der Waals surface area contributed by atoms with E-state index in [1.165, 1.54) is 16.3 Å². The van der Waals surface area contributed by atoms with Gasteiger partial charge in [-0.1, -0.05) is 54.6 Å². The Labute approximate surface area is 125 Å². The van der Waals surface area contributed by atoms with Crippen molar-refractivity contribution in [3.8, 4) is 11.1 Å². The van der Waals surface area contributed by atoms with Crippen LogP contribution in [0.2, 0.25) is 0 Å². The van der Waals surface area contributed by atoms with Gasteiger partial charge >= 0.3 is 0 Å². The van der Waals surface area contributed by atoms with Crippen LogP contribution in [0.4, 0.5) is 0 Å². The third-order valence-electron chi connectivity index (χ3n) is 3.60. The van der Waals surface area contributed by atoms with Crippen LogP contribution in [0, 0.1) is 0 Å². The maximum absolute atomic E-state index is 5.80. The minimum Gasteiger partial charge on any atom is -0.462 e. The molecule has 1 nitrogen and oxygen atoms in total. The molecular formula is C18H11BrO. The molecule has 3 aromatic carbocycles. The maximum atomic E-state index is 5.80. The second kappa shape index (κ2) is 4.50. The summed E-state index contributed by atoms with van der Waals surface area (Å²) in [6.07, 6.45) is 1.76. The highest BCUT2D eigenvalue weighted by Crippen LogP contribution is 2.39. The van der Waals surface area contributed by atoms with Gasteiger partial charge in [0.1, 0.15) is 11.8 Å². The van der Waals surface area contributed by atoms with Gasteiger partial charge in [0.2, 0.25) is 0 Å². The van der Waals surface area contributed by atoms with Gasteiger partial charge in [0.15, 0.2) is 0 Å². The third-order valence-corrected chi connectivity index (χ3v) is 4.22. The molecule has 96 valence electrons. The van der Waals surface area contributed by atoms with E-state index in [1.54, 1.807) is 6.26 Å². The molecule has 4 aromatic rings. The number of fused-ring (bicyclic) bond motifs is 2. The van der Waals surface area contributed by atoms with Crippen molar-refractivity contribution in [2.24, 2.45) is 0 Å². The summed E-state index contributed by atoms with van der Waals surface area (Å²) in [7, 11) is 0. The Morgan fingerprint density at radius 3 is 2.40 bits per heavy atom. The van der Waals surface area contributed by atoms with E-state index < -0.39 is 0 Å². The van der Waals surface area contributed by atoms with Crippen LogP contribution in [0.1, 0.15) is 0 Å². The van der Waals surface area contributed by atoms with E-state index in [2.05, 4.69) is 70.5 Å². The average molecular weight is 323 g/mol. The van der Waals surface area contributed by atoms with Gasteiger partial charge in [0, 0.05) is 10.9 Å². The summed E-state index contributed by atoms with van der Waals surface area (Å²) in [6.45, 7) is 0. The molecule has 0 aliphatic carbocycles. The zero-order chi connectivity index (χ0) is 13.5. The highest BCUT2D eigenvalue weighted by Gasteiger charge is 2.14. The smallest absolute Gasteiger partial charge is 0.143 e. The van der Waals surface area contributed by atoms with E-state index in [0.29, 0.717) is 0 Å². The number of hydrogen-bond donors (Lipinski definition) is 0. The molecule has 0 bridgehead atoms. The van der Waals surface area contributed by atoms with Crippen LogP contribution in [-0.2, 0) is 0 Å². The van der Waals surface area contributed by atoms with Crippen LogP contribution in [0.15, 0.2) is 75.8 Å². The summed E-state index contributed by atoms with van der Waals surface area (Å²) in [6, 6.07) is 21.0. The van der Waals surface area contributed by atoms with Crippen LogP contribution in [0.3, 0.4) is 0 Å². The first-order valence-electron chi connectivity index (χ1n) is 6.48. The molecular weight excluding hydrogens is 312 g/mol. The van der Waals surface area contributed by atoms with Gasteiger partial charge in [0.25, 0.3) is 0 Å². The molecule has 0 radical (unpaired) electrons. The first-order valence-corrected chi connectivity index (χ1v) is 7.28. The molecule has 0 spiro atoms. The van der Waals surface area contributed by atoms with Gasteiger partial charge in [-0.05, 0) is 38.3 Å². The lowest BCUT2D eigenvalue weighted by Crippen LogP contribution is -1.83. The number of halogens is 1. The molecule has 0 amide bonds. The van der Waals surface area contributed by atoms with E-state index in [-0.39, 0.29) is 0 Å². The van der Waals surface area contributed by atoms with Crippen LogP contribution in [0.5, 0.6) is 0 Å². The minimum absolute atomic E-state index is 0.932. The summed E-state index contributed by atoms with van der Waals surface area (Å²) in [5, 5.41) is 3.55. The molecule has 0 fully saturated rings. The van der Waals surface area contributed by atoms with E-state index in [0.717, 1.165) is 21.0 Å². The largest absolute Gasteiger partial charge is 0.462 e. The Kier molecular flexibility index (Phi) is 2.64. The van der Waals surface area contributed by atoms with Crippen molar-refractivity contribution in [1.82, 2.24) is 0 Å². The lowest BCUT2D eigenvalue weighted by Gasteiger charge is -2.08. The Morgan fingerprint density at radius 2 is 1.55 bits per heavy atom. The SMILES string of the molecule is Brc1coc2c(-c3ccccc3)c3ccccc3cc12. The van der Waals surface area contributed by atoms with Crippen LogP contribution in [-0.4, -0.2) is 0 Å². The minimum atomic E-state index is 0.932. The Bertz CT molecular complexity index is 907. The summed E-state index contributed by atoms with van der Waals surface area (Å²) < 4.78 is 6.79. The average Bonchev–Trinajstić information content (AvgIpc) is 2.87. The Balaban J connectivity index is 2.24. The van der Waals surface area contributed by atoms with Crippen molar-refractivity contribution in [1.29, 1.82) is 0 Å². The predicted octanol–water partition coefficient (Wildman–Crippen LogP) is 6.02. The molecule has 1 heterocycles. The normalized spacial score (nSPS) is 11.2. The molecule has 0 aliphatic heterocycles. The van der Waals surface area contributed by atoms with Crippen LogP contribution >= 0.6 is 15.9 Å². The van der Waals surface area contributed by atoms with Crippen LogP contribution < -0.4 is 0 Å². The van der Waals surface area contributed by atoms with E-state index in [9.17, 15) is 0 Å². The molecule has 2 heteroatoms. The molecule has 0 saturated heterocycles. The molecule has 0 atom stereocenters. The molecule has 0 saturated carbocycles. The van der Waals surface area contributed by atoms with Crippen molar-refractivity contribution < 1.29 is 4.42 Å². The van der Waals surface area contributed by atoms with Gasteiger partial charge in [0.05, 0.1) is 4.47 Å². The van der Waals surface area contributed by atoms with Crippen molar-refractivity contribution in [3.05, 3.63) is 71.4 Å². The summed E-state index contributed by atoms with van der Waals surface area (Å²) in [5.74, 6) is 0. The van der Waals surface area contributed by atoms with Gasteiger partial charge in [-0.2, -0.15) is 0 Å². The van der Waals surface area contributed by atoms with Crippen molar-refractivity contribution in [3.63, 3.8) is 0 Å². The molecule has 20 heavy (non-hydrogen) atoms. The summed E-state index contributed by atoms with van der Waals surface area (Å²) >= 11 is 3.57. The maximum Gasteiger partial charge on any atom is 0.143 e. The third kappa shape index (κ3) is 1.69. The van der Waals surface area contributed by atoms with Crippen molar-refractivity contribution in [2.75, 3.05) is 0 Å². The fourth-order valence-electron chi connectivity index (χ4n) is 2.69. The Morgan fingerprint density at radius 1 is 0.800 bits per heavy atom. The van der Waals surface area contributed by atoms with E-state index in [4.69, 9.17) is 4.42 Å². The summed E-state index contributed by atoms with van der Waals surface area (Å²) in [4.78, 5) is 0. The predicted molar refractivity (Wildman–Crippen MR) is 86.9 cm³/mol. The molecule has 0 aliphatic rings. The number of furan rings is 1. The van der Waals surface area contributed by atoms with Crippen molar-refractivity contribution >= 4 is 37.7 Å². The highest BCUT2D eigenvalue weighted by atomic mass is 79.9. The molecule has 0 unspecified atom stereocenters. The van der Waals surface area contributed by atoms with E-state index in [1.807, 2.05) is 6.07 Å². The first-order chi connectivity index (χ1) is 9.84. The monoisotopic (exact) mass is 322 g/mol. The van der Waals surface area contributed by atoms with Gasteiger partial charge < -0.3 is 4.42 Å². The molecule has 0 N–H and O–H groups in total. The van der Waals surface area contributed by atoms with Gasteiger partial charge in [-0.15, -0.1) is 0 Å². The molecule has 4 rings (SSSR count). The zero-order valence-electron chi connectivity index (χ0n) is 10.6. The number of hydrogen-bond acceptors (Lipinski definition) is 1. The lowest BCUT2D eigenvalue weighted by molar-refractivity contribution is 0.615.